The van der Waals surface area contributed by atoms with Crippen molar-refractivity contribution in [2.24, 2.45) is 29.1 Å². The van der Waals surface area contributed by atoms with Gasteiger partial charge in [-0.2, -0.15) is 0 Å². The molecule has 3 aromatic rings. The third-order valence-corrected chi connectivity index (χ3v) is 9.84. The van der Waals surface area contributed by atoms with E-state index in [4.69, 9.17) is 0 Å². The molecule has 3 aromatic carbocycles. The number of carbonyl (C=O) groups excluding carboxylic acids is 4. The summed E-state index contributed by atoms with van der Waals surface area (Å²) >= 11 is 0. The molecule has 6 unspecified atom stereocenters. The van der Waals surface area contributed by atoms with Gasteiger partial charge in [0, 0.05) is 5.92 Å². The first-order chi connectivity index (χ1) is 20.6. The van der Waals surface area contributed by atoms with E-state index in [0.717, 1.165) is 10.5 Å². The quantitative estimate of drug-likeness (QED) is 0.345. The summed E-state index contributed by atoms with van der Waals surface area (Å²) in [6, 6.07) is 21.1. The highest BCUT2D eigenvalue weighted by Crippen LogP contribution is 2.63. The first-order valence-electron chi connectivity index (χ1n) is 14.3. The molecular weight excluding hydrogens is 548 g/mol. The molecule has 2 aliphatic heterocycles. The van der Waals surface area contributed by atoms with Gasteiger partial charge in [0.1, 0.15) is 5.75 Å². The summed E-state index contributed by atoms with van der Waals surface area (Å²) in [5.74, 6) is -6.07. The second-order valence-electron chi connectivity index (χ2n) is 12.0. The van der Waals surface area contributed by atoms with Crippen LogP contribution in [0, 0.1) is 29.1 Å². The van der Waals surface area contributed by atoms with Gasteiger partial charge in [0.2, 0.25) is 23.6 Å². The zero-order valence-corrected chi connectivity index (χ0v) is 23.2. The Balaban J connectivity index is 1.35. The first kappa shape index (κ1) is 26.8. The lowest BCUT2D eigenvalue weighted by Crippen LogP contribution is -2.48. The highest BCUT2D eigenvalue weighted by molar-refractivity contribution is 6.25. The number of benzene rings is 3. The van der Waals surface area contributed by atoms with Gasteiger partial charge in [-0.25, -0.2) is 9.69 Å². The molecule has 216 valence electrons. The average Bonchev–Trinajstić information content (AvgIpc) is 3.37. The molecule has 0 spiro atoms. The second kappa shape index (κ2) is 9.49. The molecule has 9 heteroatoms. The van der Waals surface area contributed by atoms with Crippen molar-refractivity contribution in [1.82, 2.24) is 0 Å². The molecular formula is C34H28N2O7. The maximum Gasteiger partial charge on any atom is 0.335 e. The lowest BCUT2D eigenvalue weighted by Gasteiger charge is -2.49. The number of allylic oxidation sites excluding steroid dienone is 2. The fourth-order valence-electron chi connectivity index (χ4n) is 7.96. The number of para-hydroxylation sites is 1. The molecule has 0 aromatic heterocycles. The average molecular weight is 577 g/mol. The number of fused-ring (bicyclic) bond motifs is 4. The lowest BCUT2D eigenvalue weighted by molar-refractivity contribution is -0.131. The SMILES string of the molecule is CC12C(=O)N(c3ccccc3)C(=O)C1CC1C(=CCC3C(=O)N(c4cccc(C(=O)O)c4)C(=O)C31)C2c1cccc(O)c1. The van der Waals surface area contributed by atoms with Crippen LogP contribution in [0.4, 0.5) is 11.4 Å². The minimum atomic E-state index is -1.20. The summed E-state index contributed by atoms with van der Waals surface area (Å²) in [5, 5.41) is 19.9. The van der Waals surface area contributed by atoms with Crippen LogP contribution < -0.4 is 9.80 Å². The van der Waals surface area contributed by atoms with E-state index in [0.29, 0.717) is 11.3 Å². The third-order valence-electron chi connectivity index (χ3n) is 9.84. The number of phenols is 1. The molecule has 3 fully saturated rings. The van der Waals surface area contributed by atoms with Gasteiger partial charge in [0.15, 0.2) is 0 Å². The van der Waals surface area contributed by atoms with Crippen LogP contribution in [0.25, 0.3) is 0 Å². The van der Waals surface area contributed by atoms with E-state index < -0.39 is 52.8 Å². The molecule has 6 atom stereocenters. The fourth-order valence-corrected chi connectivity index (χ4v) is 7.96. The van der Waals surface area contributed by atoms with Gasteiger partial charge in [-0.15, -0.1) is 0 Å². The minimum Gasteiger partial charge on any atom is -0.508 e. The number of anilines is 2. The van der Waals surface area contributed by atoms with Gasteiger partial charge in [-0.3, -0.25) is 24.1 Å². The van der Waals surface area contributed by atoms with E-state index in [1.807, 2.05) is 12.1 Å². The Morgan fingerprint density at radius 1 is 0.814 bits per heavy atom. The zero-order valence-electron chi connectivity index (χ0n) is 23.2. The van der Waals surface area contributed by atoms with Crippen molar-refractivity contribution in [1.29, 1.82) is 0 Å². The number of phenolic OH excluding ortho intramolecular Hbond substituents is 1. The van der Waals surface area contributed by atoms with Gasteiger partial charge in [-0.05, 0) is 73.7 Å². The summed E-state index contributed by atoms with van der Waals surface area (Å²) in [6.07, 6.45) is 2.40. The van der Waals surface area contributed by atoms with E-state index in [-0.39, 0.29) is 41.7 Å². The zero-order chi connectivity index (χ0) is 30.2. The van der Waals surface area contributed by atoms with Gasteiger partial charge in [0.25, 0.3) is 0 Å². The van der Waals surface area contributed by atoms with Crippen LogP contribution in [0.3, 0.4) is 0 Å². The number of rotatable bonds is 4. The highest BCUT2D eigenvalue weighted by atomic mass is 16.4. The standard InChI is InChI=1S/C34H28N2O7/c1-34-26(30(39)36(33(34)43)20-9-3-2-4-10-20)17-25-23(28(34)18-7-6-12-22(37)16-18)13-14-24-27(25)31(40)35(29(24)38)21-11-5-8-19(15-21)32(41)42/h2-13,15-16,24-28,37H,14,17H2,1H3,(H,41,42). The maximum atomic E-state index is 14.3. The van der Waals surface area contributed by atoms with Crippen LogP contribution in [0.2, 0.25) is 0 Å². The fraction of sp³-hybridized carbons (Fsp3) is 0.265. The van der Waals surface area contributed by atoms with Crippen molar-refractivity contribution in [3.05, 3.63) is 102 Å². The smallest absolute Gasteiger partial charge is 0.335 e. The predicted octanol–water partition coefficient (Wildman–Crippen LogP) is 4.53. The molecule has 2 saturated heterocycles. The molecule has 43 heavy (non-hydrogen) atoms. The molecule has 4 amide bonds. The van der Waals surface area contributed by atoms with Crippen molar-refractivity contribution < 1.29 is 34.2 Å². The summed E-state index contributed by atoms with van der Waals surface area (Å²) < 4.78 is 0. The van der Waals surface area contributed by atoms with Crippen LogP contribution in [-0.4, -0.2) is 39.8 Å². The summed E-state index contributed by atoms with van der Waals surface area (Å²) in [7, 11) is 0. The van der Waals surface area contributed by atoms with Crippen molar-refractivity contribution in [2.75, 3.05) is 9.80 Å². The van der Waals surface area contributed by atoms with Crippen LogP contribution in [0.1, 0.15) is 41.6 Å². The Morgan fingerprint density at radius 2 is 1.53 bits per heavy atom. The number of nitrogens with zero attached hydrogens (tertiary/aromatic N) is 2. The topological polar surface area (TPSA) is 132 Å². The number of carboxylic acids is 1. The highest BCUT2D eigenvalue weighted by Gasteiger charge is 2.67. The number of aromatic hydroxyl groups is 1. The second-order valence-corrected chi connectivity index (χ2v) is 12.0. The normalized spacial score (nSPS) is 29.7. The van der Waals surface area contributed by atoms with E-state index in [2.05, 4.69) is 0 Å². The van der Waals surface area contributed by atoms with E-state index >= 15 is 0 Å². The summed E-state index contributed by atoms with van der Waals surface area (Å²) in [4.78, 5) is 70.2. The van der Waals surface area contributed by atoms with Crippen LogP contribution >= 0.6 is 0 Å². The largest absolute Gasteiger partial charge is 0.508 e. The maximum absolute atomic E-state index is 14.3. The van der Waals surface area contributed by atoms with Crippen molar-refractivity contribution in [3.63, 3.8) is 0 Å². The molecule has 1 saturated carbocycles. The van der Waals surface area contributed by atoms with Gasteiger partial charge in [0.05, 0.1) is 40.1 Å². The van der Waals surface area contributed by atoms with Crippen molar-refractivity contribution in [3.8, 4) is 5.75 Å². The van der Waals surface area contributed by atoms with Gasteiger partial charge in [-0.1, -0.05) is 48.0 Å². The third kappa shape index (κ3) is 3.73. The number of imide groups is 2. The number of aromatic carboxylic acids is 1. The van der Waals surface area contributed by atoms with Gasteiger partial charge >= 0.3 is 5.97 Å². The predicted molar refractivity (Wildman–Crippen MR) is 155 cm³/mol. The number of carbonyl (C=O) groups is 5. The molecule has 2 aliphatic carbocycles. The Hall–Kier alpha value is -5.05. The molecule has 7 rings (SSSR count). The Bertz CT molecular complexity index is 1760. The molecule has 2 N–H and O–H groups in total. The number of amides is 4. The van der Waals surface area contributed by atoms with E-state index in [1.165, 1.54) is 35.2 Å². The molecule has 4 aliphatic rings. The van der Waals surface area contributed by atoms with E-state index in [1.54, 1.807) is 49.4 Å². The summed E-state index contributed by atoms with van der Waals surface area (Å²) in [6.45, 7) is 1.80. The van der Waals surface area contributed by atoms with Crippen LogP contribution in [0.5, 0.6) is 5.75 Å². The molecule has 9 nitrogen and oxygen atoms in total. The Morgan fingerprint density at radius 3 is 2.26 bits per heavy atom. The number of hydrogen-bond donors (Lipinski definition) is 2. The van der Waals surface area contributed by atoms with Crippen LogP contribution in [0.15, 0.2) is 90.5 Å². The molecule has 0 bridgehead atoms. The minimum absolute atomic E-state index is 0.0161. The molecule has 2 heterocycles. The van der Waals surface area contributed by atoms with Crippen molar-refractivity contribution >= 4 is 41.0 Å². The number of carboxylic acid groups (broad SMARTS) is 1. The molecule has 0 radical (unpaired) electrons. The summed E-state index contributed by atoms with van der Waals surface area (Å²) in [5.41, 5.74) is 0.884. The monoisotopic (exact) mass is 576 g/mol. The van der Waals surface area contributed by atoms with Gasteiger partial charge < -0.3 is 10.2 Å². The number of hydrogen-bond acceptors (Lipinski definition) is 6. The van der Waals surface area contributed by atoms with E-state index in [9.17, 15) is 34.2 Å². The lowest BCUT2D eigenvalue weighted by atomic mass is 9.51. The van der Waals surface area contributed by atoms with Crippen LogP contribution in [-0.2, 0) is 19.2 Å². The first-order valence-corrected chi connectivity index (χ1v) is 14.3. The van der Waals surface area contributed by atoms with Crippen molar-refractivity contribution in [2.45, 2.75) is 25.7 Å². The Labute approximate surface area is 247 Å². The Kier molecular flexibility index (Phi) is 5.92.